The summed E-state index contributed by atoms with van der Waals surface area (Å²) in [6, 6.07) is 5.09. The second kappa shape index (κ2) is 6.04. The lowest BCUT2D eigenvalue weighted by Crippen LogP contribution is -2.52. The molecule has 1 aromatic carbocycles. The van der Waals surface area contributed by atoms with E-state index in [4.69, 9.17) is 11.6 Å². The molecule has 0 saturated heterocycles. The molecule has 0 spiro atoms. The SMILES string of the molecule is Cc1ccc(C(=O)NC2(CCl)CCC(C)CC2)c(O)c1. The number of aryl methyl sites for hydroxylation is 1. The summed E-state index contributed by atoms with van der Waals surface area (Å²) in [5, 5.41) is 12.9. The van der Waals surface area contributed by atoms with Crippen molar-refractivity contribution in [1.29, 1.82) is 0 Å². The van der Waals surface area contributed by atoms with E-state index in [1.807, 2.05) is 13.0 Å². The van der Waals surface area contributed by atoms with E-state index in [9.17, 15) is 9.90 Å². The summed E-state index contributed by atoms with van der Waals surface area (Å²) in [5.41, 5.74) is 0.916. The minimum Gasteiger partial charge on any atom is -0.507 e. The second-order valence-corrected chi connectivity index (χ2v) is 6.34. The van der Waals surface area contributed by atoms with Crippen molar-refractivity contribution in [2.24, 2.45) is 5.92 Å². The summed E-state index contributed by atoms with van der Waals surface area (Å²) in [4.78, 5) is 12.4. The van der Waals surface area contributed by atoms with Crippen LogP contribution in [0.3, 0.4) is 0 Å². The van der Waals surface area contributed by atoms with E-state index in [0.717, 1.165) is 31.2 Å². The third kappa shape index (κ3) is 3.26. The molecule has 0 aromatic heterocycles. The summed E-state index contributed by atoms with van der Waals surface area (Å²) in [5.74, 6) is 0.892. The monoisotopic (exact) mass is 295 g/mol. The van der Waals surface area contributed by atoms with Crippen molar-refractivity contribution in [2.45, 2.75) is 45.1 Å². The number of aromatic hydroxyl groups is 1. The summed E-state index contributed by atoms with van der Waals surface area (Å²) in [6.07, 6.45) is 3.95. The van der Waals surface area contributed by atoms with Gasteiger partial charge in [0.15, 0.2) is 0 Å². The van der Waals surface area contributed by atoms with Crippen LogP contribution in [0.2, 0.25) is 0 Å². The number of benzene rings is 1. The van der Waals surface area contributed by atoms with Gasteiger partial charge in [0.1, 0.15) is 5.75 Å². The van der Waals surface area contributed by atoms with E-state index in [2.05, 4.69) is 12.2 Å². The maximum atomic E-state index is 12.4. The molecule has 0 aliphatic heterocycles. The number of carbonyl (C=O) groups excluding carboxylic acids is 1. The molecule has 0 atom stereocenters. The molecule has 3 nitrogen and oxygen atoms in total. The molecule has 2 N–H and O–H groups in total. The summed E-state index contributed by atoms with van der Waals surface area (Å²) in [6.45, 7) is 4.11. The Hall–Kier alpha value is -1.22. The van der Waals surface area contributed by atoms with Crippen LogP contribution < -0.4 is 5.32 Å². The standard InChI is InChI=1S/C16H22ClNO2/c1-11-5-7-16(10-17,8-6-11)18-15(20)13-4-3-12(2)9-14(13)19/h3-4,9,11,19H,5-8,10H2,1-2H3,(H,18,20). The maximum Gasteiger partial charge on any atom is 0.255 e. The van der Waals surface area contributed by atoms with E-state index in [-0.39, 0.29) is 17.2 Å². The van der Waals surface area contributed by atoms with Crippen LogP contribution in [0.4, 0.5) is 0 Å². The first-order valence-electron chi connectivity index (χ1n) is 7.14. The molecule has 110 valence electrons. The van der Waals surface area contributed by atoms with Crippen LogP contribution >= 0.6 is 11.6 Å². The normalized spacial score (nSPS) is 26.2. The number of nitrogens with one attached hydrogen (secondary N) is 1. The van der Waals surface area contributed by atoms with Crippen LogP contribution in [0.15, 0.2) is 18.2 Å². The maximum absolute atomic E-state index is 12.4. The zero-order chi connectivity index (χ0) is 14.8. The highest BCUT2D eigenvalue weighted by Crippen LogP contribution is 2.33. The highest BCUT2D eigenvalue weighted by Gasteiger charge is 2.35. The Morgan fingerprint density at radius 3 is 2.65 bits per heavy atom. The quantitative estimate of drug-likeness (QED) is 0.837. The van der Waals surface area contributed by atoms with Crippen molar-refractivity contribution in [3.05, 3.63) is 29.3 Å². The van der Waals surface area contributed by atoms with Crippen LogP contribution in [-0.2, 0) is 0 Å². The highest BCUT2D eigenvalue weighted by atomic mass is 35.5. The van der Waals surface area contributed by atoms with Crippen LogP contribution in [-0.4, -0.2) is 22.4 Å². The van der Waals surface area contributed by atoms with Gasteiger partial charge in [-0.25, -0.2) is 0 Å². The van der Waals surface area contributed by atoms with Crippen LogP contribution in [0, 0.1) is 12.8 Å². The largest absolute Gasteiger partial charge is 0.507 e. The number of hydrogen-bond donors (Lipinski definition) is 2. The lowest BCUT2D eigenvalue weighted by molar-refractivity contribution is 0.0869. The molecule has 4 heteroatoms. The number of carbonyl (C=O) groups is 1. The molecule has 0 unspecified atom stereocenters. The van der Waals surface area contributed by atoms with Gasteiger partial charge in [-0.2, -0.15) is 0 Å². The molecule has 1 fully saturated rings. The number of phenols is 1. The molecule has 20 heavy (non-hydrogen) atoms. The zero-order valence-corrected chi connectivity index (χ0v) is 12.8. The van der Waals surface area contributed by atoms with Crippen molar-refractivity contribution in [3.8, 4) is 5.75 Å². The first-order valence-corrected chi connectivity index (χ1v) is 7.67. The lowest BCUT2D eigenvalue weighted by atomic mass is 9.78. The Bertz CT molecular complexity index is 493. The second-order valence-electron chi connectivity index (χ2n) is 6.07. The van der Waals surface area contributed by atoms with Crippen molar-refractivity contribution < 1.29 is 9.90 Å². The molecule has 1 aromatic rings. The first-order chi connectivity index (χ1) is 9.46. The fraction of sp³-hybridized carbons (Fsp3) is 0.562. The van der Waals surface area contributed by atoms with Gasteiger partial charge in [-0.05, 0) is 56.2 Å². The molecule has 0 radical (unpaired) electrons. The van der Waals surface area contributed by atoms with Gasteiger partial charge in [-0.1, -0.05) is 13.0 Å². The lowest BCUT2D eigenvalue weighted by Gasteiger charge is -2.38. The highest BCUT2D eigenvalue weighted by molar-refractivity contribution is 6.19. The van der Waals surface area contributed by atoms with Gasteiger partial charge in [-0.15, -0.1) is 11.6 Å². The number of hydrogen-bond acceptors (Lipinski definition) is 2. The van der Waals surface area contributed by atoms with E-state index < -0.39 is 0 Å². The van der Waals surface area contributed by atoms with Crippen molar-refractivity contribution in [1.82, 2.24) is 5.32 Å². The van der Waals surface area contributed by atoms with Crippen LogP contribution in [0.25, 0.3) is 0 Å². The molecule has 1 aliphatic rings. The van der Waals surface area contributed by atoms with Gasteiger partial charge in [-0.3, -0.25) is 4.79 Å². The van der Waals surface area contributed by atoms with E-state index in [0.29, 0.717) is 17.4 Å². The van der Waals surface area contributed by atoms with Gasteiger partial charge in [0, 0.05) is 5.88 Å². The molecule has 0 bridgehead atoms. The number of halogens is 1. The summed E-state index contributed by atoms with van der Waals surface area (Å²) < 4.78 is 0. The minimum absolute atomic E-state index is 0.0244. The smallest absolute Gasteiger partial charge is 0.255 e. The first kappa shape index (κ1) is 15.2. The average molecular weight is 296 g/mol. The van der Waals surface area contributed by atoms with Crippen molar-refractivity contribution >= 4 is 17.5 Å². The average Bonchev–Trinajstić information content (AvgIpc) is 2.41. The molecule has 1 amide bonds. The van der Waals surface area contributed by atoms with Crippen LogP contribution in [0.1, 0.15) is 48.5 Å². The Morgan fingerprint density at radius 2 is 2.10 bits per heavy atom. The summed E-state index contributed by atoms with van der Waals surface area (Å²) >= 11 is 6.10. The van der Waals surface area contributed by atoms with Gasteiger partial charge >= 0.3 is 0 Å². The van der Waals surface area contributed by atoms with Crippen molar-refractivity contribution in [2.75, 3.05) is 5.88 Å². The Labute approximate surface area is 125 Å². The molecular weight excluding hydrogens is 274 g/mol. The number of amides is 1. The fourth-order valence-electron chi connectivity index (χ4n) is 2.75. The van der Waals surface area contributed by atoms with Gasteiger partial charge in [0.05, 0.1) is 11.1 Å². The summed E-state index contributed by atoms with van der Waals surface area (Å²) in [7, 11) is 0. The Balaban J connectivity index is 2.13. The van der Waals surface area contributed by atoms with E-state index >= 15 is 0 Å². The van der Waals surface area contributed by atoms with E-state index in [1.54, 1.807) is 12.1 Å². The Kier molecular flexibility index (Phi) is 4.59. The third-order valence-electron chi connectivity index (χ3n) is 4.26. The predicted octanol–water partition coefficient (Wildman–Crippen LogP) is 3.62. The number of phenolic OH excluding ortho intramolecular Hbond substituents is 1. The van der Waals surface area contributed by atoms with E-state index in [1.165, 1.54) is 0 Å². The van der Waals surface area contributed by atoms with Crippen LogP contribution in [0.5, 0.6) is 5.75 Å². The molecule has 1 aliphatic carbocycles. The molecular formula is C16H22ClNO2. The minimum atomic E-state index is -0.331. The Morgan fingerprint density at radius 1 is 1.45 bits per heavy atom. The van der Waals surface area contributed by atoms with Gasteiger partial charge in [0.2, 0.25) is 0 Å². The molecule has 0 heterocycles. The molecule has 1 saturated carbocycles. The van der Waals surface area contributed by atoms with Gasteiger partial charge in [0.25, 0.3) is 5.91 Å². The zero-order valence-electron chi connectivity index (χ0n) is 12.1. The third-order valence-corrected chi connectivity index (χ3v) is 4.78. The number of alkyl halides is 1. The fourth-order valence-corrected chi connectivity index (χ4v) is 3.08. The topological polar surface area (TPSA) is 49.3 Å². The van der Waals surface area contributed by atoms with Crippen molar-refractivity contribution in [3.63, 3.8) is 0 Å². The predicted molar refractivity (Wildman–Crippen MR) is 81.4 cm³/mol. The number of rotatable bonds is 3. The van der Waals surface area contributed by atoms with Gasteiger partial charge < -0.3 is 10.4 Å². The molecule has 2 rings (SSSR count).